The third kappa shape index (κ3) is 2.43. The Morgan fingerprint density at radius 1 is 1.30 bits per heavy atom. The van der Waals surface area contributed by atoms with Gasteiger partial charge in [0.05, 0.1) is 17.2 Å². The van der Waals surface area contributed by atoms with Crippen LogP contribution in [0.4, 0.5) is 0 Å². The molecule has 0 atom stereocenters. The summed E-state index contributed by atoms with van der Waals surface area (Å²) in [7, 11) is 0. The van der Waals surface area contributed by atoms with Crippen molar-refractivity contribution in [1.82, 2.24) is 14.5 Å². The van der Waals surface area contributed by atoms with Gasteiger partial charge in [0.25, 0.3) is 0 Å². The van der Waals surface area contributed by atoms with Gasteiger partial charge in [-0.1, -0.05) is 6.07 Å². The van der Waals surface area contributed by atoms with Crippen LogP contribution < -0.4 is 0 Å². The van der Waals surface area contributed by atoms with E-state index in [0.29, 0.717) is 18.3 Å². The summed E-state index contributed by atoms with van der Waals surface area (Å²) < 4.78 is 7.70. The van der Waals surface area contributed by atoms with E-state index in [1.807, 2.05) is 6.92 Å². The Balaban J connectivity index is 2.08. The van der Waals surface area contributed by atoms with Crippen molar-refractivity contribution in [2.45, 2.75) is 26.8 Å². The molecule has 0 aliphatic carbocycles. The molecule has 5 heteroatoms. The van der Waals surface area contributed by atoms with Crippen molar-refractivity contribution in [3.8, 4) is 0 Å². The lowest BCUT2D eigenvalue weighted by atomic mass is 10.2. The number of benzene rings is 1. The van der Waals surface area contributed by atoms with Gasteiger partial charge in [0.1, 0.15) is 18.1 Å². The second-order valence-electron chi connectivity index (χ2n) is 4.91. The van der Waals surface area contributed by atoms with Crippen molar-refractivity contribution in [3.05, 3.63) is 47.4 Å². The van der Waals surface area contributed by atoms with Crippen LogP contribution in [-0.4, -0.2) is 20.4 Å². The number of nitrogens with zero attached hydrogens (tertiary/aromatic N) is 3. The van der Waals surface area contributed by atoms with Gasteiger partial charge in [-0.25, -0.2) is 9.97 Å². The number of hydrogen-bond acceptors (Lipinski definition) is 3. The van der Waals surface area contributed by atoms with Crippen LogP contribution in [0.5, 0.6) is 0 Å². The highest BCUT2D eigenvalue weighted by Crippen LogP contribution is 2.20. The first kappa shape index (κ1) is 13.2. The molecule has 4 nitrogen and oxygen atoms in total. The largest absolute Gasteiger partial charge is 0.444 e. The van der Waals surface area contributed by atoms with Crippen molar-refractivity contribution >= 4 is 22.6 Å². The molecular weight excluding hydrogens is 274 g/mol. The lowest BCUT2D eigenvalue weighted by Crippen LogP contribution is -2.06. The summed E-state index contributed by atoms with van der Waals surface area (Å²) in [6.07, 6.45) is 2.47. The summed E-state index contributed by atoms with van der Waals surface area (Å²) in [4.78, 5) is 8.94. The van der Waals surface area contributed by atoms with E-state index >= 15 is 0 Å². The zero-order chi connectivity index (χ0) is 14.1. The van der Waals surface area contributed by atoms with Gasteiger partial charge in [-0.15, -0.1) is 11.6 Å². The predicted octanol–water partition coefficient (Wildman–Crippen LogP) is 3.47. The Morgan fingerprint density at radius 3 is 2.85 bits per heavy atom. The first-order valence-electron chi connectivity index (χ1n) is 6.60. The third-order valence-corrected chi connectivity index (χ3v) is 3.45. The molecule has 0 radical (unpaired) electrons. The highest BCUT2D eigenvalue weighted by atomic mass is 35.5. The van der Waals surface area contributed by atoms with Crippen LogP contribution in [0.3, 0.4) is 0 Å². The van der Waals surface area contributed by atoms with Crippen molar-refractivity contribution < 1.29 is 4.42 Å². The van der Waals surface area contributed by atoms with Gasteiger partial charge in [-0.3, -0.25) is 0 Å². The second-order valence-corrected chi connectivity index (χ2v) is 5.29. The van der Waals surface area contributed by atoms with E-state index in [1.165, 1.54) is 5.56 Å². The van der Waals surface area contributed by atoms with Gasteiger partial charge < -0.3 is 8.98 Å². The fourth-order valence-corrected chi connectivity index (χ4v) is 2.52. The van der Waals surface area contributed by atoms with Crippen LogP contribution in [0.1, 0.15) is 23.0 Å². The number of alkyl halides is 1. The number of hydrogen-bond donors (Lipinski definition) is 0. The normalized spacial score (nSPS) is 11.3. The van der Waals surface area contributed by atoms with Gasteiger partial charge in [0, 0.05) is 12.3 Å². The molecule has 0 fully saturated rings. The van der Waals surface area contributed by atoms with E-state index in [9.17, 15) is 0 Å². The van der Waals surface area contributed by atoms with E-state index in [2.05, 4.69) is 39.7 Å². The molecule has 0 saturated carbocycles. The lowest BCUT2D eigenvalue weighted by molar-refractivity contribution is 0.456. The third-order valence-electron chi connectivity index (χ3n) is 3.26. The standard InChI is InChI=1S/C15H16ClN3O/c1-10-3-4-13-12(7-10)18-14(5-6-16)19(13)9-15-17-8-11(2)20-15/h3-4,7-8H,5-6,9H2,1-2H3. The Kier molecular flexibility index (Phi) is 3.49. The maximum absolute atomic E-state index is 5.88. The van der Waals surface area contributed by atoms with Crippen molar-refractivity contribution in [3.63, 3.8) is 0 Å². The van der Waals surface area contributed by atoms with Gasteiger partial charge in [-0.2, -0.15) is 0 Å². The van der Waals surface area contributed by atoms with Crippen LogP contribution in [-0.2, 0) is 13.0 Å². The fourth-order valence-electron chi connectivity index (χ4n) is 2.35. The average Bonchev–Trinajstić information content (AvgIpc) is 2.95. The van der Waals surface area contributed by atoms with Crippen molar-refractivity contribution in [2.24, 2.45) is 0 Å². The number of halogens is 1. The summed E-state index contributed by atoms with van der Waals surface area (Å²) >= 11 is 5.88. The number of imidazole rings is 1. The summed E-state index contributed by atoms with van der Waals surface area (Å²) in [5, 5.41) is 0. The molecule has 0 spiro atoms. The number of rotatable bonds is 4. The average molecular weight is 290 g/mol. The van der Waals surface area contributed by atoms with Crippen LogP contribution >= 0.6 is 11.6 Å². The molecule has 2 aromatic heterocycles. The molecule has 2 heterocycles. The molecule has 3 rings (SSSR count). The van der Waals surface area contributed by atoms with Crippen LogP contribution in [0.2, 0.25) is 0 Å². The molecule has 0 aliphatic rings. The van der Waals surface area contributed by atoms with E-state index in [1.54, 1.807) is 6.20 Å². The lowest BCUT2D eigenvalue weighted by Gasteiger charge is -2.05. The van der Waals surface area contributed by atoms with Crippen molar-refractivity contribution in [1.29, 1.82) is 0 Å². The first-order valence-corrected chi connectivity index (χ1v) is 7.14. The summed E-state index contributed by atoms with van der Waals surface area (Å²) in [6.45, 7) is 4.54. The number of aromatic nitrogens is 3. The Bertz CT molecular complexity index is 745. The van der Waals surface area contributed by atoms with E-state index in [-0.39, 0.29) is 0 Å². The molecule has 0 saturated heterocycles. The Hall–Kier alpha value is -1.81. The number of aryl methyl sites for hydroxylation is 3. The first-order chi connectivity index (χ1) is 9.67. The molecule has 0 amide bonds. The molecule has 3 aromatic rings. The highest BCUT2D eigenvalue weighted by molar-refractivity contribution is 6.17. The summed E-state index contributed by atoms with van der Waals surface area (Å²) in [5.74, 6) is 3.03. The Morgan fingerprint density at radius 2 is 2.15 bits per heavy atom. The SMILES string of the molecule is Cc1ccc2c(c1)nc(CCCl)n2Cc1ncc(C)o1. The Labute approximate surface area is 122 Å². The van der Waals surface area contributed by atoms with Gasteiger partial charge >= 0.3 is 0 Å². The van der Waals surface area contributed by atoms with Gasteiger partial charge in [0.2, 0.25) is 5.89 Å². The molecule has 20 heavy (non-hydrogen) atoms. The van der Waals surface area contributed by atoms with Crippen LogP contribution in [0.15, 0.2) is 28.8 Å². The molecule has 0 aliphatic heterocycles. The minimum atomic E-state index is 0.549. The van der Waals surface area contributed by atoms with Crippen LogP contribution in [0, 0.1) is 13.8 Å². The molecular formula is C15H16ClN3O. The van der Waals surface area contributed by atoms with E-state index in [0.717, 1.165) is 29.0 Å². The summed E-state index contributed by atoms with van der Waals surface area (Å²) in [5.41, 5.74) is 3.28. The van der Waals surface area contributed by atoms with E-state index < -0.39 is 0 Å². The minimum Gasteiger partial charge on any atom is -0.444 e. The number of fused-ring (bicyclic) bond motifs is 1. The molecule has 0 bridgehead atoms. The van der Waals surface area contributed by atoms with Gasteiger partial charge in [0.15, 0.2) is 0 Å². The summed E-state index contributed by atoms with van der Waals surface area (Å²) in [6, 6.07) is 6.27. The molecule has 0 unspecified atom stereocenters. The monoisotopic (exact) mass is 289 g/mol. The van der Waals surface area contributed by atoms with E-state index in [4.69, 9.17) is 16.0 Å². The predicted molar refractivity (Wildman–Crippen MR) is 79.2 cm³/mol. The maximum Gasteiger partial charge on any atom is 0.214 e. The quantitative estimate of drug-likeness (QED) is 0.691. The van der Waals surface area contributed by atoms with Gasteiger partial charge in [-0.05, 0) is 31.5 Å². The zero-order valence-corrected chi connectivity index (χ0v) is 12.3. The topological polar surface area (TPSA) is 43.9 Å². The maximum atomic E-state index is 5.88. The minimum absolute atomic E-state index is 0.549. The molecule has 0 N–H and O–H groups in total. The number of oxazole rings is 1. The van der Waals surface area contributed by atoms with Crippen molar-refractivity contribution in [2.75, 3.05) is 5.88 Å². The highest BCUT2D eigenvalue weighted by Gasteiger charge is 2.13. The molecule has 104 valence electrons. The second kappa shape index (κ2) is 5.29. The zero-order valence-electron chi connectivity index (χ0n) is 11.6. The molecule has 1 aromatic carbocycles. The fraction of sp³-hybridized carbons (Fsp3) is 0.333. The smallest absolute Gasteiger partial charge is 0.214 e. The van der Waals surface area contributed by atoms with Crippen LogP contribution in [0.25, 0.3) is 11.0 Å².